The third-order valence-electron chi connectivity index (χ3n) is 5.58. The molecular formula is C26H23ClN2O4S. The van der Waals surface area contributed by atoms with Gasteiger partial charge < -0.3 is 9.88 Å². The molecule has 0 spiro atoms. The molecule has 3 aromatic carbocycles. The number of fused-ring (bicyclic) bond motifs is 1. The predicted molar refractivity (Wildman–Crippen MR) is 134 cm³/mol. The quantitative estimate of drug-likeness (QED) is 0.409. The molecule has 1 N–H and O–H groups in total. The van der Waals surface area contributed by atoms with Gasteiger partial charge >= 0.3 is 0 Å². The summed E-state index contributed by atoms with van der Waals surface area (Å²) in [5.41, 5.74) is 2.24. The summed E-state index contributed by atoms with van der Waals surface area (Å²) in [7, 11) is -4.10. The van der Waals surface area contributed by atoms with E-state index in [-0.39, 0.29) is 27.6 Å². The average Bonchev–Trinajstić information content (AvgIpc) is 2.82. The van der Waals surface area contributed by atoms with Crippen molar-refractivity contribution >= 4 is 43.9 Å². The van der Waals surface area contributed by atoms with Crippen molar-refractivity contribution in [3.05, 3.63) is 99.3 Å². The smallest absolute Gasteiger partial charge is 0.244 e. The number of hydrogen-bond donors (Lipinski definition) is 1. The number of pyridine rings is 1. The lowest BCUT2D eigenvalue weighted by molar-refractivity contribution is -0.116. The molecule has 0 aliphatic heterocycles. The third-order valence-corrected chi connectivity index (χ3v) is 7.59. The van der Waals surface area contributed by atoms with Gasteiger partial charge in [-0.3, -0.25) is 9.59 Å². The molecule has 0 atom stereocenters. The predicted octanol–water partition coefficient (Wildman–Crippen LogP) is 5.00. The van der Waals surface area contributed by atoms with E-state index >= 15 is 0 Å². The third kappa shape index (κ3) is 4.76. The molecule has 0 saturated heterocycles. The first-order valence-corrected chi connectivity index (χ1v) is 12.6. The highest BCUT2D eigenvalue weighted by Crippen LogP contribution is 2.23. The van der Waals surface area contributed by atoms with Gasteiger partial charge in [-0.1, -0.05) is 42.3 Å². The molecule has 0 aliphatic carbocycles. The fraction of sp³-hybridized carbons (Fsp3) is 0.154. The number of carbonyl (C=O) groups is 1. The molecule has 1 heterocycles. The van der Waals surface area contributed by atoms with Crippen LogP contribution >= 0.6 is 11.6 Å². The molecule has 4 aromatic rings. The summed E-state index contributed by atoms with van der Waals surface area (Å²) in [6, 6.07) is 18.3. The molecule has 0 fully saturated rings. The number of rotatable bonds is 6. The number of benzene rings is 3. The van der Waals surface area contributed by atoms with E-state index in [0.29, 0.717) is 16.2 Å². The number of sulfone groups is 1. The fourth-order valence-corrected chi connectivity index (χ4v) is 5.22. The topological polar surface area (TPSA) is 85.2 Å². The fourth-order valence-electron chi connectivity index (χ4n) is 3.73. The minimum absolute atomic E-state index is 0.0333. The molecule has 1 amide bonds. The molecule has 8 heteroatoms. The Labute approximate surface area is 202 Å². The van der Waals surface area contributed by atoms with E-state index in [1.54, 1.807) is 48.5 Å². The van der Waals surface area contributed by atoms with Crippen molar-refractivity contribution in [1.29, 1.82) is 0 Å². The van der Waals surface area contributed by atoms with Gasteiger partial charge in [0, 0.05) is 22.3 Å². The molecule has 0 unspecified atom stereocenters. The van der Waals surface area contributed by atoms with Gasteiger partial charge in [-0.25, -0.2) is 8.42 Å². The van der Waals surface area contributed by atoms with E-state index < -0.39 is 15.3 Å². The number of anilines is 1. The number of amides is 1. The molecule has 0 aliphatic rings. The Balaban J connectivity index is 1.80. The summed E-state index contributed by atoms with van der Waals surface area (Å²) >= 11 is 5.90. The molecule has 0 saturated carbocycles. The van der Waals surface area contributed by atoms with Crippen LogP contribution in [0.1, 0.15) is 18.1 Å². The molecular weight excluding hydrogens is 472 g/mol. The zero-order valence-corrected chi connectivity index (χ0v) is 20.3. The Morgan fingerprint density at radius 3 is 2.32 bits per heavy atom. The van der Waals surface area contributed by atoms with Crippen molar-refractivity contribution in [2.24, 2.45) is 0 Å². The first kappa shape index (κ1) is 23.7. The number of nitrogens with zero attached hydrogens (tertiary/aromatic N) is 1. The van der Waals surface area contributed by atoms with E-state index in [1.807, 2.05) is 19.9 Å². The number of aromatic nitrogens is 1. The minimum Gasteiger partial charge on any atom is -0.336 e. The Morgan fingerprint density at radius 1 is 1.00 bits per heavy atom. The van der Waals surface area contributed by atoms with Crippen LogP contribution in [-0.2, 0) is 27.6 Å². The largest absolute Gasteiger partial charge is 0.336 e. The molecule has 1 aromatic heterocycles. The zero-order valence-electron chi connectivity index (χ0n) is 18.7. The van der Waals surface area contributed by atoms with Crippen molar-refractivity contribution in [2.45, 2.75) is 36.6 Å². The van der Waals surface area contributed by atoms with Crippen LogP contribution in [0.4, 0.5) is 5.69 Å². The van der Waals surface area contributed by atoms with Crippen LogP contribution in [0.2, 0.25) is 5.02 Å². The summed E-state index contributed by atoms with van der Waals surface area (Å²) in [6.07, 6.45) is 2.02. The van der Waals surface area contributed by atoms with Crippen molar-refractivity contribution in [3.8, 4) is 0 Å². The molecule has 4 rings (SSSR count). The number of nitrogens with one attached hydrogen (secondary N) is 1. The minimum atomic E-state index is -4.10. The van der Waals surface area contributed by atoms with Crippen LogP contribution in [0.5, 0.6) is 0 Å². The lowest BCUT2D eigenvalue weighted by atomic mass is 10.1. The summed E-state index contributed by atoms with van der Waals surface area (Å²) in [5, 5.41) is 3.55. The second kappa shape index (κ2) is 9.44. The highest BCUT2D eigenvalue weighted by Gasteiger charge is 2.24. The number of carbonyl (C=O) groups excluding carboxylic acids is 1. The summed E-state index contributed by atoms with van der Waals surface area (Å²) < 4.78 is 28.3. The van der Waals surface area contributed by atoms with Crippen LogP contribution in [0, 0.1) is 6.92 Å². The average molecular weight is 495 g/mol. The Bertz CT molecular complexity index is 1540. The molecule has 0 bridgehead atoms. The monoisotopic (exact) mass is 494 g/mol. The lowest BCUT2D eigenvalue weighted by Crippen LogP contribution is -2.24. The van der Waals surface area contributed by atoms with Crippen molar-refractivity contribution < 1.29 is 13.2 Å². The molecule has 6 nitrogen and oxygen atoms in total. The van der Waals surface area contributed by atoms with Gasteiger partial charge in [-0.15, -0.1) is 0 Å². The molecule has 34 heavy (non-hydrogen) atoms. The first-order chi connectivity index (χ1) is 16.2. The van der Waals surface area contributed by atoms with Crippen molar-refractivity contribution in [1.82, 2.24) is 4.57 Å². The highest BCUT2D eigenvalue weighted by molar-refractivity contribution is 7.91. The molecule has 174 valence electrons. The number of aryl methyl sites for hydroxylation is 2. The van der Waals surface area contributed by atoms with E-state index in [9.17, 15) is 18.0 Å². The van der Waals surface area contributed by atoms with Crippen molar-refractivity contribution in [3.63, 3.8) is 0 Å². The van der Waals surface area contributed by atoms with Crippen LogP contribution in [-0.4, -0.2) is 18.9 Å². The van der Waals surface area contributed by atoms with E-state index in [2.05, 4.69) is 5.32 Å². The maximum Gasteiger partial charge on any atom is 0.244 e. The van der Waals surface area contributed by atoms with Crippen LogP contribution in [0.25, 0.3) is 10.9 Å². The number of halogens is 1. The van der Waals surface area contributed by atoms with E-state index in [0.717, 1.165) is 17.5 Å². The summed E-state index contributed by atoms with van der Waals surface area (Å²) in [6.45, 7) is 3.61. The Morgan fingerprint density at radius 2 is 1.68 bits per heavy atom. The van der Waals surface area contributed by atoms with Gasteiger partial charge in [0.15, 0.2) is 0 Å². The first-order valence-electron chi connectivity index (χ1n) is 10.7. The van der Waals surface area contributed by atoms with E-state index in [4.69, 9.17) is 11.6 Å². The normalized spacial score (nSPS) is 11.5. The van der Waals surface area contributed by atoms with Crippen LogP contribution < -0.4 is 10.7 Å². The van der Waals surface area contributed by atoms with Crippen LogP contribution in [0.3, 0.4) is 0 Å². The van der Waals surface area contributed by atoms with E-state index in [1.165, 1.54) is 22.9 Å². The summed E-state index contributed by atoms with van der Waals surface area (Å²) in [4.78, 5) is 25.7. The Kier molecular flexibility index (Phi) is 6.59. The second-order valence-electron chi connectivity index (χ2n) is 8.03. The maximum absolute atomic E-state index is 13.4. The standard InChI is InChI=1S/C26H23ClN2O4S/c1-3-18-5-11-21(12-6-18)34(32,33)24-15-29(23-13-4-17(2)14-22(23)26(24)31)16-25(30)28-20-9-7-19(27)8-10-20/h4-15H,3,16H2,1-2H3,(H,28,30). The van der Waals surface area contributed by atoms with Gasteiger partial charge in [0.25, 0.3) is 0 Å². The lowest BCUT2D eigenvalue weighted by Gasteiger charge is -2.15. The summed E-state index contributed by atoms with van der Waals surface area (Å²) in [5.74, 6) is -0.372. The van der Waals surface area contributed by atoms with Gasteiger partial charge in [-0.2, -0.15) is 0 Å². The Hall–Kier alpha value is -3.42. The van der Waals surface area contributed by atoms with Crippen molar-refractivity contribution in [2.75, 3.05) is 5.32 Å². The highest BCUT2D eigenvalue weighted by atomic mass is 35.5. The van der Waals surface area contributed by atoms with Gasteiger partial charge in [0.2, 0.25) is 21.2 Å². The van der Waals surface area contributed by atoms with Gasteiger partial charge in [0.1, 0.15) is 11.4 Å². The zero-order chi connectivity index (χ0) is 24.5. The second-order valence-corrected chi connectivity index (χ2v) is 10.4. The molecule has 0 radical (unpaired) electrons. The van der Waals surface area contributed by atoms with Gasteiger partial charge in [0.05, 0.1) is 10.4 Å². The van der Waals surface area contributed by atoms with Crippen LogP contribution in [0.15, 0.2) is 87.5 Å². The number of hydrogen-bond acceptors (Lipinski definition) is 4. The van der Waals surface area contributed by atoms with Gasteiger partial charge in [-0.05, 0) is 67.4 Å². The maximum atomic E-state index is 13.4. The SMILES string of the molecule is CCc1ccc(S(=O)(=O)c2cn(CC(=O)Nc3ccc(Cl)cc3)c3ccc(C)cc3c2=O)cc1.